The summed E-state index contributed by atoms with van der Waals surface area (Å²) in [6.07, 6.45) is 46.7. The van der Waals surface area contributed by atoms with E-state index in [4.69, 9.17) is 14.2 Å². The molecule has 6 nitrogen and oxygen atoms in total. The van der Waals surface area contributed by atoms with E-state index in [-0.39, 0.29) is 31.1 Å². The van der Waals surface area contributed by atoms with Crippen molar-refractivity contribution in [2.24, 2.45) is 11.8 Å². The number of esters is 3. The molecule has 0 aromatic carbocycles. The molecule has 0 rings (SSSR count). The van der Waals surface area contributed by atoms with Gasteiger partial charge in [-0.15, -0.1) is 0 Å². The van der Waals surface area contributed by atoms with Crippen molar-refractivity contribution in [3.63, 3.8) is 0 Å². The molecule has 0 fully saturated rings. The van der Waals surface area contributed by atoms with E-state index in [1.165, 1.54) is 180 Å². The lowest BCUT2D eigenvalue weighted by Crippen LogP contribution is -2.30. The van der Waals surface area contributed by atoms with E-state index in [9.17, 15) is 14.4 Å². The number of unbranched alkanes of at least 4 members (excludes halogenated alkanes) is 32. The molecule has 350 valence electrons. The molecule has 0 aliphatic carbocycles. The van der Waals surface area contributed by atoms with Crippen LogP contribution in [-0.2, 0) is 28.6 Å². The molecule has 0 amide bonds. The largest absolute Gasteiger partial charge is 0.462 e. The highest BCUT2D eigenvalue weighted by atomic mass is 16.6. The normalized spacial score (nSPS) is 12.1. The minimum Gasteiger partial charge on any atom is -0.462 e. The minimum absolute atomic E-state index is 0.0643. The maximum Gasteiger partial charge on any atom is 0.306 e. The quantitative estimate of drug-likeness (QED) is 0.0345. The van der Waals surface area contributed by atoms with Gasteiger partial charge in [-0.1, -0.05) is 253 Å². The first kappa shape index (κ1) is 57.4. The standard InChI is InChI=1S/C53H102O6/c1-6-7-8-9-10-11-12-13-14-15-16-17-18-19-23-28-33-38-43-51(54)57-46-50(47-58-52(55)44-39-34-30-25-27-32-37-42-49(4)5)59-53(56)45-40-35-29-24-21-20-22-26-31-36-41-48(2)3/h48-50H,6-47H2,1-5H3/t50-/m0/s1. The van der Waals surface area contributed by atoms with Crippen LogP contribution >= 0.6 is 0 Å². The fourth-order valence-electron chi connectivity index (χ4n) is 7.99. The van der Waals surface area contributed by atoms with Gasteiger partial charge in [0.15, 0.2) is 6.10 Å². The molecule has 0 aliphatic rings. The number of hydrogen-bond donors (Lipinski definition) is 0. The van der Waals surface area contributed by atoms with Crippen LogP contribution < -0.4 is 0 Å². The first-order valence-corrected chi connectivity index (χ1v) is 26.2. The summed E-state index contributed by atoms with van der Waals surface area (Å²) in [5, 5.41) is 0. The summed E-state index contributed by atoms with van der Waals surface area (Å²) in [4.78, 5) is 37.9. The Hall–Kier alpha value is -1.59. The maximum atomic E-state index is 12.8. The van der Waals surface area contributed by atoms with Gasteiger partial charge in [0.05, 0.1) is 0 Å². The van der Waals surface area contributed by atoms with Gasteiger partial charge >= 0.3 is 17.9 Å². The van der Waals surface area contributed by atoms with E-state index in [2.05, 4.69) is 34.6 Å². The summed E-state index contributed by atoms with van der Waals surface area (Å²) >= 11 is 0. The van der Waals surface area contributed by atoms with Gasteiger partial charge in [0.2, 0.25) is 0 Å². The molecule has 0 N–H and O–H groups in total. The van der Waals surface area contributed by atoms with Crippen molar-refractivity contribution in [2.75, 3.05) is 13.2 Å². The molecule has 0 aromatic rings. The van der Waals surface area contributed by atoms with Crippen molar-refractivity contribution in [2.45, 2.75) is 298 Å². The van der Waals surface area contributed by atoms with Gasteiger partial charge in [-0.2, -0.15) is 0 Å². The molecule has 0 saturated heterocycles. The third kappa shape index (κ3) is 47.3. The Labute approximate surface area is 368 Å². The molecule has 0 aromatic heterocycles. The topological polar surface area (TPSA) is 78.9 Å². The molecule has 0 aliphatic heterocycles. The van der Waals surface area contributed by atoms with Crippen molar-refractivity contribution >= 4 is 17.9 Å². The Balaban J connectivity index is 4.25. The van der Waals surface area contributed by atoms with Crippen molar-refractivity contribution in [1.82, 2.24) is 0 Å². The van der Waals surface area contributed by atoms with Gasteiger partial charge in [-0.05, 0) is 31.1 Å². The molecular weight excluding hydrogens is 733 g/mol. The Morgan fingerprint density at radius 1 is 0.322 bits per heavy atom. The predicted octanol–water partition coefficient (Wildman–Crippen LogP) is 16.9. The second-order valence-electron chi connectivity index (χ2n) is 19.1. The van der Waals surface area contributed by atoms with Crippen LogP contribution in [0, 0.1) is 11.8 Å². The number of carbonyl (C=O) groups excluding carboxylic acids is 3. The van der Waals surface area contributed by atoms with Crippen LogP contribution in [0.1, 0.15) is 291 Å². The fraction of sp³-hybridized carbons (Fsp3) is 0.943. The van der Waals surface area contributed by atoms with Gasteiger partial charge in [0.1, 0.15) is 13.2 Å². The van der Waals surface area contributed by atoms with Crippen LogP contribution in [0.25, 0.3) is 0 Å². The van der Waals surface area contributed by atoms with Gasteiger partial charge in [0.25, 0.3) is 0 Å². The summed E-state index contributed by atoms with van der Waals surface area (Å²) in [6, 6.07) is 0. The monoisotopic (exact) mass is 835 g/mol. The van der Waals surface area contributed by atoms with Crippen LogP contribution in [0.3, 0.4) is 0 Å². The van der Waals surface area contributed by atoms with Crippen molar-refractivity contribution in [3.05, 3.63) is 0 Å². The molecule has 0 saturated carbocycles. The zero-order valence-corrected chi connectivity index (χ0v) is 40.4. The third-order valence-electron chi connectivity index (χ3n) is 12.0. The highest BCUT2D eigenvalue weighted by molar-refractivity contribution is 5.71. The summed E-state index contributed by atoms with van der Waals surface area (Å²) in [5.41, 5.74) is 0. The van der Waals surface area contributed by atoms with Gasteiger partial charge in [-0.25, -0.2) is 0 Å². The second kappa shape index (κ2) is 45.9. The number of carbonyl (C=O) groups is 3. The lowest BCUT2D eigenvalue weighted by atomic mass is 10.0. The lowest BCUT2D eigenvalue weighted by molar-refractivity contribution is -0.167. The van der Waals surface area contributed by atoms with E-state index < -0.39 is 6.10 Å². The highest BCUT2D eigenvalue weighted by Crippen LogP contribution is 2.17. The van der Waals surface area contributed by atoms with Gasteiger partial charge in [-0.3, -0.25) is 14.4 Å². The summed E-state index contributed by atoms with van der Waals surface area (Å²) in [6.45, 7) is 11.3. The van der Waals surface area contributed by atoms with E-state index in [1.54, 1.807) is 0 Å². The van der Waals surface area contributed by atoms with Gasteiger partial charge < -0.3 is 14.2 Å². The predicted molar refractivity (Wildman–Crippen MR) is 252 cm³/mol. The number of ether oxygens (including phenoxy) is 3. The van der Waals surface area contributed by atoms with E-state index in [0.29, 0.717) is 19.3 Å². The summed E-state index contributed by atoms with van der Waals surface area (Å²) < 4.78 is 16.8. The van der Waals surface area contributed by atoms with Crippen molar-refractivity contribution in [1.29, 1.82) is 0 Å². The molecular formula is C53H102O6. The number of hydrogen-bond acceptors (Lipinski definition) is 6. The first-order valence-electron chi connectivity index (χ1n) is 26.2. The van der Waals surface area contributed by atoms with Crippen LogP contribution in [-0.4, -0.2) is 37.2 Å². The van der Waals surface area contributed by atoms with Gasteiger partial charge in [0, 0.05) is 19.3 Å². The molecule has 0 spiro atoms. The third-order valence-corrected chi connectivity index (χ3v) is 12.0. The SMILES string of the molecule is CCCCCCCCCCCCCCCCCCCCC(=O)OC[C@@H](COC(=O)CCCCCCCCCC(C)C)OC(=O)CCCCCCCCCCCCC(C)C. The minimum atomic E-state index is -0.762. The zero-order valence-electron chi connectivity index (χ0n) is 40.4. The molecule has 0 radical (unpaired) electrons. The summed E-state index contributed by atoms with van der Waals surface area (Å²) in [5.74, 6) is 0.746. The molecule has 0 bridgehead atoms. The summed E-state index contributed by atoms with van der Waals surface area (Å²) in [7, 11) is 0. The molecule has 0 heterocycles. The van der Waals surface area contributed by atoms with E-state index in [0.717, 1.165) is 69.6 Å². The van der Waals surface area contributed by atoms with E-state index >= 15 is 0 Å². The van der Waals surface area contributed by atoms with Crippen molar-refractivity contribution < 1.29 is 28.6 Å². The Morgan fingerprint density at radius 3 is 0.831 bits per heavy atom. The number of rotatable bonds is 47. The molecule has 59 heavy (non-hydrogen) atoms. The Kier molecular flexibility index (Phi) is 44.7. The average molecular weight is 835 g/mol. The van der Waals surface area contributed by atoms with Crippen LogP contribution in [0.4, 0.5) is 0 Å². The Morgan fingerprint density at radius 2 is 0.559 bits per heavy atom. The average Bonchev–Trinajstić information content (AvgIpc) is 3.20. The molecule has 6 heteroatoms. The van der Waals surface area contributed by atoms with Crippen LogP contribution in [0.5, 0.6) is 0 Å². The molecule has 1 atom stereocenters. The Bertz CT molecular complexity index is 900. The van der Waals surface area contributed by atoms with Crippen molar-refractivity contribution in [3.8, 4) is 0 Å². The maximum absolute atomic E-state index is 12.8. The molecule has 0 unspecified atom stereocenters. The lowest BCUT2D eigenvalue weighted by Gasteiger charge is -2.18. The van der Waals surface area contributed by atoms with E-state index in [1.807, 2.05) is 0 Å². The highest BCUT2D eigenvalue weighted by Gasteiger charge is 2.19. The second-order valence-corrected chi connectivity index (χ2v) is 19.1. The van der Waals surface area contributed by atoms with Crippen LogP contribution in [0.15, 0.2) is 0 Å². The zero-order chi connectivity index (χ0) is 43.3. The first-order chi connectivity index (χ1) is 28.7. The van der Waals surface area contributed by atoms with Crippen LogP contribution in [0.2, 0.25) is 0 Å². The fourth-order valence-corrected chi connectivity index (χ4v) is 7.99. The smallest absolute Gasteiger partial charge is 0.306 e.